The van der Waals surface area contributed by atoms with Gasteiger partial charge >= 0.3 is 0 Å². The molecule has 2 amide bonds. The molecule has 2 aromatic rings. The summed E-state index contributed by atoms with van der Waals surface area (Å²) in [6, 6.07) is 8.94. The van der Waals surface area contributed by atoms with Crippen LogP contribution in [0.1, 0.15) is 44.7 Å². The highest BCUT2D eigenvalue weighted by atomic mass is 16.2. The Morgan fingerprint density at radius 2 is 1.85 bits per heavy atom. The minimum absolute atomic E-state index is 0.0545. The molecule has 0 fully saturated rings. The number of hydrogen-bond acceptors (Lipinski definition) is 4. The Kier molecular flexibility index (Phi) is 5.91. The van der Waals surface area contributed by atoms with E-state index in [2.05, 4.69) is 15.8 Å². The van der Waals surface area contributed by atoms with Crippen LogP contribution in [0, 0.1) is 32.1 Å². The molecule has 0 spiro atoms. The van der Waals surface area contributed by atoms with Gasteiger partial charge in [-0.25, -0.2) is 0 Å². The molecule has 2 rings (SSSR count). The molecule has 0 unspecified atom stereocenters. The van der Waals surface area contributed by atoms with Crippen molar-refractivity contribution >= 4 is 11.8 Å². The Morgan fingerprint density at radius 3 is 2.50 bits per heavy atom. The Morgan fingerprint density at radius 1 is 1.15 bits per heavy atom. The zero-order valence-electron chi connectivity index (χ0n) is 14.9. The van der Waals surface area contributed by atoms with Crippen LogP contribution in [0.2, 0.25) is 0 Å². The predicted octanol–water partition coefficient (Wildman–Crippen LogP) is 1.57. The second-order valence-electron chi connectivity index (χ2n) is 5.99. The normalized spacial score (nSPS) is 10.1. The average molecular weight is 352 g/mol. The standard InChI is InChI=1S/C19H20N4O3/c1-11-6-4-5-7-14(11)19(26)23-22-17(24)9-8-15-12(2)16(10-20)18(25)21-13(15)3/h4-7H,8-9H2,1-3H3,(H,21,25)(H,22,24)(H,23,26). The summed E-state index contributed by atoms with van der Waals surface area (Å²) in [7, 11) is 0. The zero-order valence-corrected chi connectivity index (χ0v) is 14.9. The lowest BCUT2D eigenvalue weighted by Crippen LogP contribution is -2.42. The molecule has 3 N–H and O–H groups in total. The summed E-state index contributed by atoms with van der Waals surface area (Å²) in [6.07, 6.45) is 0.446. The van der Waals surface area contributed by atoms with Gasteiger partial charge in [-0.2, -0.15) is 5.26 Å². The smallest absolute Gasteiger partial charge is 0.269 e. The van der Waals surface area contributed by atoms with Gasteiger partial charge in [-0.05, 0) is 49.9 Å². The van der Waals surface area contributed by atoms with E-state index < -0.39 is 5.56 Å². The van der Waals surface area contributed by atoms with Crippen LogP contribution in [0.15, 0.2) is 29.1 Å². The molecule has 1 aromatic carbocycles. The van der Waals surface area contributed by atoms with Gasteiger partial charge in [0, 0.05) is 17.7 Å². The number of carbonyl (C=O) groups is 2. The van der Waals surface area contributed by atoms with Gasteiger partial charge in [-0.15, -0.1) is 0 Å². The van der Waals surface area contributed by atoms with Crippen LogP contribution in [-0.4, -0.2) is 16.8 Å². The first kappa shape index (κ1) is 18.9. The minimum atomic E-state index is -0.429. The number of amides is 2. The number of hydrazine groups is 1. The van der Waals surface area contributed by atoms with E-state index in [0.717, 1.165) is 11.1 Å². The highest BCUT2D eigenvalue weighted by Gasteiger charge is 2.14. The van der Waals surface area contributed by atoms with Gasteiger partial charge in [0.1, 0.15) is 11.6 Å². The van der Waals surface area contributed by atoms with Crippen LogP contribution < -0.4 is 16.4 Å². The fraction of sp³-hybridized carbons (Fsp3) is 0.263. The largest absolute Gasteiger partial charge is 0.325 e. The molecule has 0 atom stereocenters. The first-order valence-corrected chi connectivity index (χ1v) is 8.12. The number of benzene rings is 1. The van der Waals surface area contributed by atoms with Gasteiger partial charge < -0.3 is 4.98 Å². The number of aryl methyl sites for hydroxylation is 2. The maximum absolute atomic E-state index is 12.1. The van der Waals surface area contributed by atoms with Crippen molar-refractivity contribution < 1.29 is 9.59 Å². The van der Waals surface area contributed by atoms with E-state index in [1.807, 2.05) is 25.1 Å². The lowest BCUT2D eigenvalue weighted by atomic mass is 9.99. The van der Waals surface area contributed by atoms with Crippen molar-refractivity contribution in [3.05, 3.63) is 68.1 Å². The maximum atomic E-state index is 12.1. The predicted molar refractivity (Wildman–Crippen MR) is 96.4 cm³/mol. The first-order valence-electron chi connectivity index (χ1n) is 8.12. The molecule has 1 heterocycles. The molecular weight excluding hydrogens is 332 g/mol. The summed E-state index contributed by atoms with van der Waals surface area (Å²) in [5.41, 5.74) is 7.64. The SMILES string of the molecule is Cc1ccccc1C(=O)NNC(=O)CCc1c(C)[nH]c(=O)c(C#N)c1C. The van der Waals surface area contributed by atoms with Crippen molar-refractivity contribution in [2.45, 2.75) is 33.6 Å². The van der Waals surface area contributed by atoms with E-state index in [0.29, 0.717) is 23.2 Å². The Bertz CT molecular complexity index is 954. The average Bonchev–Trinajstić information content (AvgIpc) is 2.60. The number of nitrogens with zero attached hydrogens (tertiary/aromatic N) is 1. The lowest BCUT2D eigenvalue weighted by Gasteiger charge is -2.12. The number of aromatic amines is 1. The van der Waals surface area contributed by atoms with Gasteiger partial charge in [0.25, 0.3) is 11.5 Å². The van der Waals surface area contributed by atoms with E-state index in [-0.39, 0.29) is 23.8 Å². The van der Waals surface area contributed by atoms with Crippen molar-refractivity contribution in [2.24, 2.45) is 0 Å². The highest BCUT2D eigenvalue weighted by molar-refractivity contribution is 5.96. The van der Waals surface area contributed by atoms with Crippen molar-refractivity contribution in [3.63, 3.8) is 0 Å². The molecule has 0 aliphatic heterocycles. The number of H-pyrrole nitrogens is 1. The Balaban J connectivity index is 1.98. The highest BCUT2D eigenvalue weighted by Crippen LogP contribution is 2.14. The molecule has 1 aromatic heterocycles. The third-order valence-electron chi connectivity index (χ3n) is 4.23. The number of aromatic nitrogens is 1. The fourth-order valence-electron chi connectivity index (χ4n) is 2.74. The van der Waals surface area contributed by atoms with Crippen LogP contribution in [0.5, 0.6) is 0 Å². The molecular formula is C19H20N4O3. The van der Waals surface area contributed by atoms with Crippen LogP contribution in [0.3, 0.4) is 0 Å². The number of rotatable bonds is 4. The zero-order chi connectivity index (χ0) is 19.3. The lowest BCUT2D eigenvalue weighted by molar-refractivity contribution is -0.121. The molecule has 134 valence electrons. The minimum Gasteiger partial charge on any atom is -0.325 e. The summed E-state index contributed by atoms with van der Waals surface area (Å²) in [6.45, 7) is 5.22. The van der Waals surface area contributed by atoms with Gasteiger partial charge in [0.2, 0.25) is 5.91 Å². The fourth-order valence-corrected chi connectivity index (χ4v) is 2.74. The second-order valence-corrected chi connectivity index (χ2v) is 5.99. The summed E-state index contributed by atoms with van der Waals surface area (Å²) in [5, 5.41) is 9.07. The quantitative estimate of drug-likeness (QED) is 0.724. The first-order chi connectivity index (χ1) is 12.3. The van der Waals surface area contributed by atoms with E-state index in [4.69, 9.17) is 5.26 Å². The van der Waals surface area contributed by atoms with Crippen LogP contribution >= 0.6 is 0 Å². The summed E-state index contributed by atoms with van der Waals surface area (Å²) < 4.78 is 0. The van der Waals surface area contributed by atoms with E-state index >= 15 is 0 Å². The Hall–Kier alpha value is -3.40. The number of nitriles is 1. The third-order valence-corrected chi connectivity index (χ3v) is 4.23. The summed E-state index contributed by atoms with van der Waals surface area (Å²) in [4.78, 5) is 38.4. The van der Waals surface area contributed by atoms with Crippen LogP contribution in [-0.2, 0) is 11.2 Å². The molecule has 0 bridgehead atoms. The number of pyridine rings is 1. The van der Waals surface area contributed by atoms with Crippen molar-refractivity contribution in [3.8, 4) is 6.07 Å². The monoisotopic (exact) mass is 352 g/mol. The van der Waals surface area contributed by atoms with Gasteiger partial charge in [-0.3, -0.25) is 25.2 Å². The van der Waals surface area contributed by atoms with E-state index in [9.17, 15) is 14.4 Å². The summed E-state index contributed by atoms with van der Waals surface area (Å²) in [5.74, 6) is -0.755. The van der Waals surface area contributed by atoms with Crippen LogP contribution in [0.25, 0.3) is 0 Å². The van der Waals surface area contributed by atoms with E-state index in [1.165, 1.54) is 0 Å². The Labute approximate surface area is 151 Å². The molecule has 26 heavy (non-hydrogen) atoms. The second kappa shape index (κ2) is 8.12. The summed E-state index contributed by atoms with van der Waals surface area (Å²) >= 11 is 0. The van der Waals surface area contributed by atoms with Gasteiger partial charge in [0.05, 0.1) is 0 Å². The van der Waals surface area contributed by atoms with Crippen LogP contribution in [0.4, 0.5) is 0 Å². The molecule has 0 saturated carbocycles. The maximum Gasteiger partial charge on any atom is 0.269 e. The van der Waals surface area contributed by atoms with Crippen molar-refractivity contribution in [1.29, 1.82) is 5.26 Å². The third kappa shape index (κ3) is 4.16. The number of carbonyl (C=O) groups excluding carboxylic acids is 2. The van der Waals surface area contributed by atoms with E-state index in [1.54, 1.807) is 26.0 Å². The topological polar surface area (TPSA) is 115 Å². The van der Waals surface area contributed by atoms with Crippen molar-refractivity contribution in [2.75, 3.05) is 0 Å². The molecule has 0 radical (unpaired) electrons. The van der Waals surface area contributed by atoms with Crippen molar-refractivity contribution in [1.82, 2.24) is 15.8 Å². The molecule has 0 saturated heterocycles. The number of nitrogens with one attached hydrogen (secondary N) is 3. The molecule has 0 aliphatic rings. The number of hydrogen-bond donors (Lipinski definition) is 3. The molecule has 0 aliphatic carbocycles. The molecule has 7 nitrogen and oxygen atoms in total. The van der Waals surface area contributed by atoms with Gasteiger partial charge in [0.15, 0.2) is 0 Å². The molecule has 7 heteroatoms. The van der Waals surface area contributed by atoms with Gasteiger partial charge in [-0.1, -0.05) is 18.2 Å².